The third kappa shape index (κ3) is 4.10. The monoisotopic (exact) mass is 274 g/mol. The maximum atomic E-state index is 11.6. The largest absolute Gasteiger partial charge is 0.393 e. The summed E-state index contributed by atoms with van der Waals surface area (Å²) >= 11 is 0. The zero-order valence-corrected chi connectivity index (χ0v) is 12.0. The van der Waals surface area contributed by atoms with Gasteiger partial charge in [0, 0.05) is 32.4 Å². The summed E-state index contributed by atoms with van der Waals surface area (Å²) in [6.07, 6.45) is 4.80. The van der Waals surface area contributed by atoms with E-state index in [-0.39, 0.29) is 12.0 Å². The molecule has 0 atom stereocenters. The van der Waals surface area contributed by atoms with E-state index >= 15 is 0 Å². The van der Waals surface area contributed by atoms with Crippen molar-refractivity contribution in [2.24, 2.45) is 5.92 Å². The predicted molar refractivity (Wildman–Crippen MR) is 81.5 cm³/mol. The summed E-state index contributed by atoms with van der Waals surface area (Å²) in [4.78, 5) is 13.7. The Morgan fingerprint density at radius 1 is 1.35 bits per heavy atom. The minimum atomic E-state index is -0.164. The van der Waals surface area contributed by atoms with Crippen LogP contribution in [0, 0.1) is 5.92 Å². The number of benzene rings is 1. The molecule has 1 aliphatic carbocycles. The van der Waals surface area contributed by atoms with E-state index in [4.69, 9.17) is 5.11 Å². The Labute approximate surface area is 120 Å². The van der Waals surface area contributed by atoms with Gasteiger partial charge in [-0.2, -0.15) is 0 Å². The second kappa shape index (κ2) is 6.57. The molecule has 1 saturated carbocycles. The smallest absolute Gasteiger partial charge is 0.244 e. The van der Waals surface area contributed by atoms with Crippen LogP contribution in [0.4, 0.5) is 5.69 Å². The summed E-state index contributed by atoms with van der Waals surface area (Å²) < 4.78 is 0. The van der Waals surface area contributed by atoms with Gasteiger partial charge in [0.25, 0.3) is 0 Å². The van der Waals surface area contributed by atoms with Crippen molar-refractivity contribution in [3.05, 3.63) is 35.9 Å². The highest BCUT2D eigenvalue weighted by molar-refractivity contribution is 5.91. The first-order chi connectivity index (χ1) is 9.54. The molecule has 0 bridgehead atoms. The first-order valence-corrected chi connectivity index (χ1v) is 6.96. The van der Waals surface area contributed by atoms with Crippen molar-refractivity contribution in [3.8, 4) is 0 Å². The molecule has 4 heteroatoms. The third-order valence-electron chi connectivity index (χ3n) is 3.61. The number of carbonyl (C=O) groups is 1. The van der Waals surface area contributed by atoms with Gasteiger partial charge in [-0.25, -0.2) is 0 Å². The Kier molecular flexibility index (Phi) is 4.79. The molecule has 4 nitrogen and oxygen atoms in total. The number of carbonyl (C=O) groups excluding carboxylic acids is 1. The zero-order chi connectivity index (χ0) is 14.5. The first-order valence-electron chi connectivity index (χ1n) is 6.96. The molecule has 0 aromatic heterocycles. The standard InChI is InChI=1S/C16H22N2O2/c1-18(2)14-6-3-12(4-7-14)5-8-16(20)17-11-13-9-15(19)10-13/h3-8,13,15,19H,9-11H2,1-2H3,(H,17,20). The molecule has 108 valence electrons. The summed E-state index contributed by atoms with van der Waals surface area (Å²) in [5.74, 6) is 0.352. The van der Waals surface area contributed by atoms with Crippen molar-refractivity contribution in [2.45, 2.75) is 18.9 Å². The van der Waals surface area contributed by atoms with Gasteiger partial charge in [0.05, 0.1) is 6.10 Å². The highest BCUT2D eigenvalue weighted by Crippen LogP contribution is 2.26. The van der Waals surface area contributed by atoms with E-state index in [1.54, 1.807) is 6.08 Å². The maximum absolute atomic E-state index is 11.6. The molecule has 1 aliphatic rings. The van der Waals surface area contributed by atoms with Gasteiger partial charge in [-0.1, -0.05) is 12.1 Å². The molecule has 2 rings (SSSR count). The number of nitrogens with zero attached hydrogens (tertiary/aromatic N) is 1. The average Bonchev–Trinajstić information content (AvgIpc) is 2.40. The van der Waals surface area contributed by atoms with E-state index < -0.39 is 0 Å². The minimum Gasteiger partial charge on any atom is -0.393 e. The topological polar surface area (TPSA) is 52.6 Å². The van der Waals surface area contributed by atoms with Gasteiger partial charge in [-0.05, 0) is 42.5 Å². The van der Waals surface area contributed by atoms with Gasteiger partial charge in [0.15, 0.2) is 0 Å². The van der Waals surface area contributed by atoms with Crippen LogP contribution in [0.5, 0.6) is 0 Å². The Morgan fingerprint density at radius 3 is 2.55 bits per heavy atom. The lowest BCUT2D eigenvalue weighted by Gasteiger charge is -2.31. The van der Waals surface area contributed by atoms with Crippen LogP contribution in [0.25, 0.3) is 6.08 Å². The molecule has 1 fully saturated rings. The lowest BCUT2D eigenvalue weighted by atomic mass is 9.82. The van der Waals surface area contributed by atoms with E-state index in [1.807, 2.05) is 49.3 Å². The number of anilines is 1. The maximum Gasteiger partial charge on any atom is 0.244 e. The number of amides is 1. The van der Waals surface area contributed by atoms with Gasteiger partial charge >= 0.3 is 0 Å². The van der Waals surface area contributed by atoms with Crippen molar-refractivity contribution in [1.29, 1.82) is 0 Å². The van der Waals surface area contributed by atoms with E-state index in [0.717, 1.165) is 24.1 Å². The van der Waals surface area contributed by atoms with Crippen LogP contribution in [-0.2, 0) is 4.79 Å². The van der Waals surface area contributed by atoms with Crippen molar-refractivity contribution >= 4 is 17.7 Å². The predicted octanol–water partition coefficient (Wildman–Crippen LogP) is 1.65. The first kappa shape index (κ1) is 14.6. The Bertz CT molecular complexity index is 474. The quantitative estimate of drug-likeness (QED) is 0.803. The fourth-order valence-electron chi connectivity index (χ4n) is 2.23. The Hall–Kier alpha value is -1.81. The molecule has 20 heavy (non-hydrogen) atoms. The lowest BCUT2D eigenvalue weighted by molar-refractivity contribution is -0.117. The molecule has 0 unspecified atom stereocenters. The van der Waals surface area contributed by atoms with Crippen LogP contribution in [0.3, 0.4) is 0 Å². The Morgan fingerprint density at radius 2 is 2.00 bits per heavy atom. The summed E-state index contributed by atoms with van der Waals surface area (Å²) in [5.41, 5.74) is 2.14. The number of hydrogen-bond acceptors (Lipinski definition) is 3. The summed E-state index contributed by atoms with van der Waals surface area (Å²) in [7, 11) is 3.99. The highest BCUT2D eigenvalue weighted by Gasteiger charge is 2.26. The lowest BCUT2D eigenvalue weighted by Crippen LogP contribution is -2.37. The zero-order valence-electron chi connectivity index (χ0n) is 12.0. The van der Waals surface area contributed by atoms with Gasteiger partial charge in [-0.3, -0.25) is 4.79 Å². The summed E-state index contributed by atoms with van der Waals surface area (Å²) in [6.45, 7) is 0.653. The second-order valence-corrected chi connectivity index (χ2v) is 5.56. The molecular formula is C16H22N2O2. The fraction of sp³-hybridized carbons (Fsp3) is 0.438. The summed E-state index contributed by atoms with van der Waals surface area (Å²) in [5, 5.41) is 12.0. The molecule has 1 aromatic carbocycles. The van der Waals surface area contributed by atoms with Gasteiger partial charge in [0.1, 0.15) is 0 Å². The highest BCUT2D eigenvalue weighted by atomic mass is 16.3. The molecule has 0 saturated heterocycles. The van der Waals surface area contributed by atoms with Crippen molar-refractivity contribution in [1.82, 2.24) is 5.32 Å². The van der Waals surface area contributed by atoms with Crippen LogP contribution < -0.4 is 10.2 Å². The van der Waals surface area contributed by atoms with Gasteiger partial charge < -0.3 is 15.3 Å². The number of aliphatic hydroxyl groups excluding tert-OH is 1. The minimum absolute atomic E-state index is 0.0805. The number of nitrogens with one attached hydrogen (secondary N) is 1. The molecule has 0 aliphatic heterocycles. The van der Waals surface area contributed by atoms with E-state index in [9.17, 15) is 4.79 Å². The molecule has 2 N–H and O–H groups in total. The fourth-order valence-corrected chi connectivity index (χ4v) is 2.23. The molecule has 1 aromatic rings. The van der Waals surface area contributed by atoms with Crippen LogP contribution in [0.1, 0.15) is 18.4 Å². The van der Waals surface area contributed by atoms with Crippen LogP contribution in [0.15, 0.2) is 30.3 Å². The SMILES string of the molecule is CN(C)c1ccc(C=CC(=O)NCC2CC(O)C2)cc1. The van der Waals surface area contributed by atoms with Crippen LogP contribution in [-0.4, -0.2) is 37.8 Å². The summed E-state index contributed by atoms with van der Waals surface area (Å²) in [6, 6.07) is 8.02. The van der Waals surface area contributed by atoms with E-state index in [2.05, 4.69) is 5.32 Å². The van der Waals surface area contributed by atoms with Gasteiger partial charge in [0.2, 0.25) is 5.91 Å². The molecule has 0 radical (unpaired) electrons. The van der Waals surface area contributed by atoms with Crippen molar-refractivity contribution in [2.75, 3.05) is 25.5 Å². The normalized spacial score (nSPS) is 21.6. The third-order valence-corrected chi connectivity index (χ3v) is 3.61. The molecule has 0 spiro atoms. The number of rotatable bonds is 5. The van der Waals surface area contributed by atoms with Gasteiger partial charge in [-0.15, -0.1) is 0 Å². The van der Waals surface area contributed by atoms with Crippen LogP contribution in [0.2, 0.25) is 0 Å². The van der Waals surface area contributed by atoms with E-state index in [1.165, 1.54) is 0 Å². The second-order valence-electron chi connectivity index (χ2n) is 5.56. The van der Waals surface area contributed by atoms with Crippen molar-refractivity contribution in [3.63, 3.8) is 0 Å². The van der Waals surface area contributed by atoms with E-state index in [0.29, 0.717) is 12.5 Å². The Balaban J connectivity index is 1.78. The molecular weight excluding hydrogens is 252 g/mol. The molecule has 0 heterocycles. The van der Waals surface area contributed by atoms with Crippen molar-refractivity contribution < 1.29 is 9.90 Å². The molecule has 1 amide bonds. The average molecular weight is 274 g/mol. The van der Waals surface area contributed by atoms with Crippen LogP contribution >= 0.6 is 0 Å². The number of hydrogen-bond donors (Lipinski definition) is 2. The number of aliphatic hydroxyl groups is 1.